The third-order valence-electron chi connectivity index (χ3n) is 5.74. The van der Waals surface area contributed by atoms with Crippen LogP contribution < -0.4 is 5.56 Å². The number of H-pyrrole nitrogens is 1. The topological polar surface area (TPSA) is 66.0 Å². The van der Waals surface area contributed by atoms with Crippen LogP contribution in [0.2, 0.25) is 5.02 Å². The van der Waals surface area contributed by atoms with Crippen LogP contribution in [0.4, 0.5) is 0 Å². The molecule has 0 spiro atoms. The van der Waals surface area contributed by atoms with E-state index < -0.39 is 0 Å². The molecule has 2 saturated carbocycles. The van der Waals surface area contributed by atoms with E-state index in [2.05, 4.69) is 9.97 Å². The molecule has 2 N–H and O–H groups in total. The van der Waals surface area contributed by atoms with Crippen LogP contribution in [0, 0.1) is 17.8 Å². The van der Waals surface area contributed by atoms with Crippen molar-refractivity contribution in [3.63, 3.8) is 0 Å². The second kappa shape index (κ2) is 6.49. The number of aromatic amines is 1. The van der Waals surface area contributed by atoms with Crippen molar-refractivity contribution >= 4 is 22.6 Å². The Labute approximate surface area is 146 Å². The molecule has 2 aliphatic rings. The van der Waals surface area contributed by atoms with Gasteiger partial charge in [-0.1, -0.05) is 24.4 Å². The van der Waals surface area contributed by atoms with Gasteiger partial charge in [0.25, 0.3) is 5.56 Å². The molecule has 0 saturated heterocycles. The molecule has 4 nitrogen and oxygen atoms in total. The van der Waals surface area contributed by atoms with Crippen LogP contribution >= 0.6 is 11.6 Å². The predicted molar refractivity (Wildman–Crippen MR) is 95.3 cm³/mol. The van der Waals surface area contributed by atoms with E-state index in [0.29, 0.717) is 28.6 Å². The second-order valence-corrected chi connectivity index (χ2v) is 7.84. The number of unbranched alkanes of at least 4 members (excludes halogenated alkanes) is 2. The Kier molecular flexibility index (Phi) is 4.35. The van der Waals surface area contributed by atoms with Crippen molar-refractivity contribution in [2.24, 2.45) is 17.8 Å². The molecular weight excluding hydrogens is 324 g/mol. The molecule has 2 aromatic rings. The first-order chi connectivity index (χ1) is 11.6. The molecule has 4 atom stereocenters. The summed E-state index contributed by atoms with van der Waals surface area (Å²) in [7, 11) is 0. The van der Waals surface area contributed by atoms with Gasteiger partial charge in [0.2, 0.25) is 0 Å². The SMILES string of the molecule is O=c1[nH]c2cc(Cl)ccc2nc1CCCCCC1C(O)CC2CC21. The average Bonchev–Trinajstić information content (AvgIpc) is 3.22. The van der Waals surface area contributed by atoms with Gasteiger partial charge in [-0.25, -0.2) is 4.98 Å². The van der Waals surface area contributed by atoms with Crippen molar-refractivity contribution in [1.29, 1.82) is 0 Å². The molecule has 0 radical (unpaired) electrons. The van der Waals surface area contributed by atoms with Crippen LogP contribution in [-0.2, 0) is 6.42 Å². The van der Waals surface area contributed by atoms with Crippen molar-refractivity contribution in [1.82, 2.24) is 9.97 Å². The molecule has 1 aromatic carbocycles. The number of nitrogens with one attached hydrogen (secondary N) is 1. The number of aliphatic hydroxyl groups is 1. The van der Waals surface area contributed by atoms with Gasteiger partial charge in [-0.05, 0) is 68.1 Å². The van der Waals surface area contributed by atoms with E-state index in [-0.39, 0.29) is 11.7 Å². The third kappa shape index (κ3) is 3.22. The Morgan fingerprint density at radius 3 is 2.92 bits per heavy atom. The Morgan fingerprint density at radius 1 is 1.25 bits per heavy atom. The molecular formula is C19H23ClN2O2. The minimum absolute atomic E-state index is 0.0643. The molecule has 2 fully saturated rings. The van der Waals surface area contributed by atoms with Crippen LogP contribution in [0.5, 0.6) is 0 Å². The van der Waals surface area contributed by atoms with Crippen LogP contribution in [0.1, 0.15) is 44.2 Å². The normalized spacial score (nSPS) is 28.2. The fourth-order valence-electron chi connectivity index (χ4n) is 4.36. The summed E-state index contributed by atoms with van der Waals surface area (Å²) in [6.45, 7) is 0. The predicted octanol–water partition coefficient (Wildman–Crippen LogP) is 3.70. The summed E-state index contributed by atoms with van der Waals surface area (Å²) in [6, 6.07) is 5.36. The second-order valence-electron chi connectivity index (χ2n) is 7.40. The maximum atomic E-state index is 12.1. The van der Waals surface area contributed by atoms with Gasteiger partial charge in [0, 0.05) is 5.02 Å². The summed E-state index contributed by atoms with van der Waals surface area (Å²) < 4.78 is 0. The van der Waals surface area contributed by atoms with E-state index in [1.54, 1.807) is 12.1 Å². The number of benzene rings is 1. The third-order valence-corrected chi connectivity index (χ3v) is 5.98. The van der Waals surface area contributed by atoms with Crippen molar-refractivity contribution < 1.29 is 5.11 Å². The zero-order valence-electron chi connectivity index (χ0n) is 13.7. The fraction of sp³-hybridized carbons (Fsp3) is 0.579. The highest BCUT2D eigenvalue weighted by atomic mass is 35.5. The van der Waals surface area contributed by atoms with E-state index in [9.17, 15) is 9.90 Å². The highest BCUT2D eigenvalue weighted by Crippen LogP contribution is 2.56. The highest BCUT2D eigenvalue weighted by Gasteiger charge is 2.52. The molecule has 4 unspecified atom stereocenters. The number of fused-ring (bicyclic) bond motifs is 2. The lowest BCUT2D eigenvalue weighted by Gasteiger charge is -2.17. The first-order valence-electron chi connectivity index (χ1n) is 8.98. The van der Waals surface area contributed by atoms with Crippen molar-refractivity contribution in [3.05, 3.63) is 39.3 Å². The average molecular weight is 347 g/mol. The van der Waals surface area contributed by atoms with Gasteiger partial charge in [-0.3, -0.25) is 4.79 Å². The van der Waals surface area contributed by atoms with Gasteiger partial charge >= 0.3 is 0 Å². The molecule has 0 aliphatic heterocycles. The Balaban J connectivity index is 1.29. The van der Waals surface area contributed by atoms with Gasteiger partial charge in [-0.2, -0.15) is 0 Å². The standard InChI is InChI=1S/C19H23ClN2O2/c20-12-6-7-15-17(10-12)22-19(24)16(21-15)5-3-1-2-4-13-14-8-11(14)9-18(13)23/h6-7,10-11,13-14,18,23H,1-5,8-9H2,(H,22,24). The molecule has 0 amide bonds. The zero-order chi connectivity index (χ0) is 16.7. The summed E-state index contributed by atoms with van der Waals surface area (Å²) in [5, 5.41) is 10.6. The smallest absolute Gasteiger partial charge is 0.270 e. The van der Waals surface area contributed by atoms with E-state index in [1.165, 1.54) is 6.42 Å². The lowest BCUT2D eigenvalue weighted by molar-refractivity contribution is 0.107. The molecule has 2 aliphatic carbocycles. The summed E-state index contributed by atoms with van der Waals surface area (Å²) >= 11 is 5.94. The maximum Gasteiger partial charge on any atom is 0.270 e. The Morgan fingerprint density at radius 2 is 2.12 bits per heavy atom. The molecule has 1 aromatic heterocycles. The maximum absolute atomic E-state index is 12.1. The fourth-order valence-corrected chi connectivity index (χ4v) is 4.53. The number of halogens is 1. The minimum atomic E-state index is -0.114. The molecule has 4 rings (SSSR count). The van der Waals surface area contributed by atoms with Crippen LogP contribution in [0.25, 0.3) is 11.0 Å². The first kappa shape index (κ1) is 16.1. The Hall–Kier alpha value is -1.39. The van der Waals surface area contributed by atoms with Crippen molar-refractivity contribution in [3.8, 4) is 0 Å². The summed E-state index contributed by atoms with van der Waals surface area (Å²) in [5.74, 6) is 2.15. The number of aryl methyl sites for hydroxylation is 1. The molecule has 24 heavy (non-hydrogen) atoms. The van der Waals surface area contributed by atoms with E-state index in [0.717, 1.165) is 49.5 Å². The lowest BCUT2D eigenvalue weighted by Crippen LogP contribution is -2.17. The minimum Gasteiger partial charge on any atom is -0.393 e. The number of aromatic nitrogens is 2. The van der Waals surface area contributed by atoms with Gasteiger partial charge < -0.3 is 10.1 Å². The number of hydrogen-bond acceptors (Lipinski definition) is 3. The zero-order valence-corrected chi connectivity index (χ0v) is 14.4. The van der Waals surface area contributed by atoms with Gasteiger partial charge in [0.05, 0.1) is 17.1 Å². The summed E-state index contributed by atoms with van der Waals surface area (Å²) in [6.07, 6.45) is 7.30. The van der Waals surface area contributed by atoms with Gasteiger partial charge in [0.1, 0.15) is 5.69 Å². The van der Waals surface area contributed by atoms with Crippen molar-refractivity contribution in [2.45, 2.75) is 51.0 Å². The van der Waals surface area contributed by atoms with Crippen molar-refractivity contribution in [2.75, 3.05) is 0 Å². The Bertz CT molecular complexity index is 802. The highest BCUT2D eigenvalue weighted by molar-refractivity contribution is 6.31. The largest absolute Gasteiger partial charge is 0.393 e. The quantitative estimate of drug-likeness (QED) is 0.784. The van der Waals surface area contributed by atoms with Crippen LogP contribution in [0.3, 0.4) is 0 Å². The van der Waals surface area contributed by atoms with E-state index in [4.69, 9.17) is 11.6 Å². The summed E-state index contributed by atoms with van der Waals surface area (Å²) in [5.41, 5.74) is 1.96. The monoisotopic (exact) mass is 346 g/mol. The number of nitrogens with zero attached hydrogens (tertiary/aromatic N) is 1. The molecule has 0 bridgehead atoms. The van der Waals surface area contributed by atoms with Gasteiger partial charge in [-0.15, -0.1) is 0 Å². The first-order valence-corrected chi connectivity index (χ1v) is 9.36. The number of rotatable bonds is 6. The molecule has 5 heteroatoms. The molecule has 128 valence electrons. The van der Waals surface area contributed by atoms with Crippen LogP contribution in [0.15, 0.2) is 23.0 Å². The van der Waals surface area contributed by atoms with Crippen LogP contribution in [-0.4, -0.2) is 21.2 Å². The molecule has 1 heterocycles. The lowest BCUT2D eigenvalue weighted by atomic mass is 9.93. The number of hydrogen-bond donors (Lipinski definition) is 2. The van der Waals surface area contributed by atoms with Gasteiger partial charge in [0.15, 0.2) is 0 Å². The van der Waals surface area contributed by atoms with E-state index >= 15 is 0 Å². The number of aliphatic hydroxyl groups excluding tert-OH is 1. The summed E-state index contributed by atoms with van der Waals surface area (Å²) in [4.78, 5) is 19.5. The van der Waals surface area contributed by atoms with E-state index in [1.807, 2.05) is 6.07 Å².